The van der Waals surface area contributed by atoms with Crippen molar-refractivity contribution in [3.05, 3.63) is 87.3 Å². The van der Waals surface area contributed by atoms with E-state index in [0.717, 1.165) is 54.3 Å². The second-order valence-electron chi connectivity index (χ2n) is 9.25. The number of hydrogen-bond acceptors (Lipinski definition) is 5. The van der Waals surface area contributed by atoms with E-state index in [4.69, 9.17) is 4.74 Å². The molecule has 4 rings (SSSR count). The predicted octanol–water partition coefficient (Wildman–Crippen LogP) is 3.74. The SMILES string of the molecule is COc1cn(CC(=O)Nc2c(C)cc(C)cc2C)c(CN2CCN(c3ccccc3)CC2)cc1=O. The van der Waals surface area contributed by atoms with E-state index in [-0.39, 0.29) is 23.6 Å². The van der Waals surface area contributed by atoms with Crippen molar-refractivity contribution in [3.8, 4) is 5.75 Å². The molecular weight excluding hydrogens is 440 g/mol. The van der Waals surface area contributed by atoms with Crippen LogP contribution in [0.1, 0.15) is 22.4 Å². The van der Waals surface area contributed by atoms with Crippen molar-refractivity contribution < 1.29 is 9.53 Å². The Hall–Kier alpha value is -3.58. The Morgan fingerprint density at radius 2 is 1.63 bits per heavy atom. The molecule has 3 aromatic rings. The highest BCUT2D eigenvalue weighted by molar-refractivity contribution is 5.92. The number of carbonyl (C=O) groups excluding carboxylic acids is 1. The van der Waals surface area contributed by atoms with Gasteiger partial charge >= 0.3 is 0 Å². The van der Waals surface area contributed by atoms with Gasteiger partial charge in [-0.05, 0) is 44.0 Å². The predicted molar refractivity (Wildman–Crippen MR) is 140 cm³/mol. The number of hydrogen-bond donors (Lipinski definition) is 1. The molecule has 184 valence electrons. The first-order chi connectivity index (χ1) is 16.8. The Bertz CT molecular complexity index is 1220. The summed E-state index contributed by atoms with van der Waals surface area (Å²) < 4.78 is 7.09. The molecule has 2 aromatic carbocycles. The summed E-state index contributed by atoms with van der Waals surface area (Å²) in [6, 6.07) is 16.1. The summed E-state index contributed by atoms with van der Waals surface area (Å²) in [4.78, 5) is 30.3. The minimum Gasteiger partial charge on any atom is -0.491 e. The lowest BCUT2D eigenvalue weighted by atomic mass is 10.1. The normalized spacial score (nSPS) is 14.1. The second-order valence-corrected chi connectivity index (χ2v) is 9.25. The van der Waals surface area contributed by atoms with E-state index >= 15 is 0 Å². The summed E-state index contributed by atoms with van der Waals surface area (Å²) in [6.45, 7) is 10.3. The van der Waals surface area contributed by atoms with E-state index in [1.54, 1.807) is 12.3 Å². The van der Waals surface area contributed by atoms with Crippen molar-refractivity contribution in [2.75, 3.05) is 43.5 Å². The zero-order chi connectivity index (χ0) is 24.9. The third-order valence-electron chi connectivity index (χ3n) is 6.54. The molecule has 1 fully saturated rings. The molecular formula is C28H34N4O3. The van der Waals surface area contributed by atoms with Crippen LogP contribution in [0.5, 0.6) is 5.75 Å². The monoisotopic (exact) mass is 474 g/mol. The molecule has 1 aliphatic heterocycles. The molecule has 0 unspecified atom stereocenters. The van der Waals surface area contributed by atoms with Gasteiger partial charge in [-0.1, -0.05) is 35.9 Å². The number of anilines is 2. The lowest BCUT2D eigenvalue weighted by Crippen LogP contribution is -2.46. The third kappa shape index (κ3) is 5.92. The highest BCUT2D eigenvalue weighted by Crippen LogP contribution is 2.22. The van der Waals surface area contributed by atoms with Crippen LogP contribution in [0.4, 0.5) is 11.4 Å². The van der Waals surface area contributed by atoms with Gasteiger partial charge in [0.25, 0.3) is 0 Å². The van der Waals surface area contributed by atoms with Gasteiger partial charge < -0.3 is 19.5 Å². The van der Waals surface area contributed by atoms with Crippen LogP contribution in [0.25, 0.3) is 0 Å². The van der Waals surface area contributed by atoms with Gasteiger partial charge in [0.15, 0.2) is 5.75 Å². The number of amides is 1. The molecule has 2 heterocycles. The average Bonchev–Trinajstić information content (AvgIpc) is 2.84. The zero-order valence-electron chi connectivity index (χ0n) is 21.0. The number of rotatable bonds is 7. The van der Waals surface area contributed by atoms with Gasteiger partial charge in [0.05, 0.1) is 13.3 Å². The van der Waals surface area contributed by atoms with E-state index in [2.05, 4.69) is 51.5 Å². The van der Waals surface area contributed by atoms with E-state index in [0.29, 0.717) is 6.54 Å². The molecule has 7 nitrogen and oxygen atoms in total. The molecule has 0 spiro atoms. The first-order valence-electron chi connectivity index (χ1n) is 12.0. The summed E-state index contributed by atoms with van der Waals surface area (Å²) in [5, 5.41) is 3.06. The summed E-state index contributed by atoms with van der Waals surface area (Å²) in [5.41, 5.74) is 5.93. The van der Waals surface area contributed by atoms with Crippen LogP contribution in [-0.4, -0.2) is 48.7 Å². The number of aryl methyl sites for hydroxylation is 3. The highest BCUT2D eigenvalue weighted by atomic mass is 16.5. The summed E-state index contributed by atoms with van der Waals surface area (Å²) in [5.74, 6) is 0.0963. The smallest absolute Gasteiger partial charge is 0.244 e. The van der Waals surface area contributed by atoms with E-state index in [9.17, 15) is 9.59 Å². The lowest BCUT2D eigenvalue weighted by Gasteiger charge is -2.36. The molecule has 0 radical (unpaired) electrons. The maximum absolute atomic E-state index is 13.0. The van der Waals surface area contributed by atoms with E-state index in [1.807, 2.05) is 31.4 Å². The molecule has 1 aromatic heterocycles. The van der Waals surface area contributed by atoms with E-state index in [1.165, 1.54) is 12.8 Å². The number of nitrogens with one attached hydrogen (secondary N) is 1. The zero-order valence-corrected chi connectivity index (χ0v) is 21.0. The van der Waals surface area contributed by atoms with Crippen LogP contribution in [0.3, 0.4) is 0 Å². The van der Waals surface area contributed by atoms with Crippen molar-refractivity contribution in [2.45, 2.75) is 33.9 Å². The number of methoxy groups -OCH3 is 1. The molecule has 1 N–H and O–H groups in total. The van der Waals surface area contributed by atoms with Gasteiger partial charge in [0.1, 0.15) is 6.54 Å². The van der Waals surface area contributed by atoms with Gasteiger partial charge in [-0.2, -0.15) is 0 Å². The van der Waals surface area contributed by atoms with Gasteiger partial charge in [-0.3, -0.25) is 14.5 Å². The number of piperazine rings is 1. The highest BCUT2D eigenvalue weighted by Gasteiger charge is 2.20. The second kappa shape index (κ2) is 10.8. The van der Waals surface area contributed by atoms with Crippen molar-refractivity contribution in [1.82, 2.24) is 9.47 Å². The first-order valence-corrected chi connectivity index (χ1v) is 12.0. The first kappa shape index (κ1) is 24.5. The average molecular weight is 475 g/mol. The van der Waals surface area contributed by atoms with Crippen LogP contribution in [0.2, 0.25) is 0 Å². The number of para-hydroxylation sites is 1. The quantitative estimate of drug-likeness (QED) is 0.565. The largest absolute Gasteiger partial charge is 0.491 e. The van der Waals surface area contributed by atoms with Crippen molar-refractivity contribution >= 4 is 17.3 Å². The molecule has 0 bridgehead atoms. The fourth-order valence-corrected chi connectivity index (χ4v) is 4.77. The van der Waals surface area contributed by atoms with Crippen molar-refractivity contribution in [3.63, 3.8) is 0 Å². The molecule has 0 aliphatic carbocycles. The topological polar surface area (TPSA) is 66.8 Å². The Kier molecular flexibility index (Phi) is 7.56. The van der Waals surface area contributed by atoms with Crippen LogP contribution < -0.4 is 20.4 Å². The number of pyridine rings is 1. The van der Waals surface area contributed by atoms with Crippen molar-refractivity contribution in [1.29, 1.82) is 0 Å². The fraction of sp³-hybridized carbons (Fsp3) is 0.357. The van der Waals surface area contributed by atoms with Crippen LogP contribution in [0.15, 0.2) is 59.5 Å². The number of benzene rings is 2. The maximum Gasteiger partial charge on any atom is 0.244 e. The minimum atomic E-state index is -0.174. The molecule has 7 heteroatoms. The standard InChI is InChI=1S/C28H34N4O3/c1-20-14-21(2)28(22(3)15-20)29-27(34)19-32-18-26(35-4)25(33)16-24(32)17-30-10-12-31(13-11-30)23-8-6-5-7-9-23/h5-9,14-16,18H,10-13,17,19H2,1-4H3,(H,29,34). The molecule has 35 heavy (non-hydrogen) atoms. The van der Waals surface area contributed by atoms with Crippen LogP contribution in [-0.2, 0) is 17.9 Å². The Labute approximate surface area is 206 Å². The number of nitrogens with zero attached hydrogens (tertiary/aromatic N) is 3. The Balaban J connectivity index is 1.48. The lowest BCUT2D eigenvalue weighted by molar-refractivity contribution is -0.116. The minimum absolute atomic E-state index is 0.0999. The molecule has 1 aliphatic rings. The maximum atomic E-state index is 13.0. The Morgan fingerprint density at radius 1 is 0.971 bits per heavy atom. The number of ether oxygens (including phenoxy) is 1. The van der Waals surface area contributed by atoms with Gasteiger partial charge in [0.2, 0.25) is 11.3 Å². The third-order valence-corrected chi connectivity index (χ3v) is 6.54. The van der Waals surface area contributed by atoms with Gasteiger partial charge in [-0.15, -0.1) is 0 Å². The molecule has 1 amide bonds. The fourth-order valence-electron chi connectivity index (χ4n) is 4.77. The van der Waals surface area contributed by atoms with Gasteiger partial charge in [-0.25, -0.2) is 0 Å². The van der Waals surface area contributed by atoms with Gasteiger partial charge in [0, 0.05) is 55.9 Å². The summed E-state index contributed by atoms with van der Waals surface area (Å²) in [6.07, 6.45) is 1.65. The molecule has 0 saturated carbocycles. The van der Waals surface area contributed by atoms with E-state index < -0.39 is 0 Å². The Morgan fingerprint density at radius 3 is 2.26 bits per heavy atom. The van der Waals surface area contributed by atoms with Crippen LogP contribution >= 0.6 is 0 Å². The number of aromatic nitrogens is 1. The summed E-state index contributed by atoms with van der Waals surface area (Å²) >= 11 is 0. The number of carbonyl (C=O) groups is 1. The molecule has 1 saturated heterocycles. The van der Waals surface area contributed by atoms with Crippen LogP contribution in [0, 0.1) is 20.8 Å². The van der Waals surface area contributed by atoms with Crippen molar-refractivity contribution in [2.24, 2.45) is 0 Å². The summed E-state index contributed by atoms with van der Waals surface area (Å²) in [7, 11) is 1.47. The molecule has 0 atom stereocenters.